The summed E-state index contributed by atoms with van der Waals surface area (Å²) in [6.07, 6.45) is 5.10. The highest BCUT2D eigenvalue weighted by molar-refractivity contribution is 5.05. The monoisotopic (exact) mass is 239 g/mol. The lowest BCUT2D eigenvalue weighted by Gasteiger charge is -2.51. The highest BCUT2D eigenvalue weighted by atomic mass is 15.3. The van der Waals surface area contributed by atoms with Crippen molar-refractivity contribution in [1.82, 2.24) is 9.80 Å². The third-order valence-corrected chi connectivity index (χ3v) is 5.44. The fourth-order valence-corrected chi connectivity index (χ4v) is 4.11. The van der Waals surface area contributed by atoms with Crippen LogP contribution in [-0.4, -0.2) is 54.6 Å². The van der Waals surface area contributed by atoms with Crippen molar-refractivity contribution in [2.45, 2.75) is 51.1 Å². The number of nitrogens with zero attached hydrogens (tertiary/aromatic N) is 2. The second-order valence-corrected chi connectivity index (χ2v) is 5.93. The minimum atomic E-state index is 0.281. The van der Waals surface area contributed by atoms with E-state index in [1.165, 1.54) is 45.3 Å². The Kier molecular flexibility index (Phi) is 4.11. The molecule has 2 saturated heterocycles. The predicted octanol–water partition coefficient (Wildman–Crippen LogP) is 1.53. The Bertz CT molecular complexity index is 252. The van der Waals surface area contributed by atoms with Gasteiger partial charge in [0, 0.05) is 24.7 Å². The first-order valence-electron chi connectivity index (χ1n) is 7.33. The van der Waals surface area contributed by atoms with Gasteiger partial charge in [-0.1, -0.05) is 13.8 Å². The van der Waals surface area contributed by atoms with Crippen molar-refractivity contribution < 1.29 is 0 Å². The van der Waals surface area contributed by atoms with Gasteiger partial charge in [-0.3, -0.25) is 4.90 Å². The van der Waals surface area contributed by atoms with Gasteiger partial charge in [0.15, 0.2) is 0 Å². The first-order valence-corrected chi connectivity index (χ1v) is 7.33. The minimum absolute atomic E-state index is 0.281. The lowest BCUT2D eigenvalue weighted by Crippen LogP contribution is -2.63. The number of hydrogen-bond acceptors (Lipinski definition) is 3. The Balaban J connectivity index is 2.17. The van der Waals surface area contributed by atoms with Gasteiger partial charge in [-0.05, 0) is 51.7 Å². The van der Waals surface area contributed by atoms with Crippen molar-refractivity contribution in [3.05, 3.63) is 0 Å². The van der Waals surface area contributed by atoms with E-state index in [2.05, 4.69) is 30.7 Å². The molecule has 0 amide bonds. The molecule has 100 valence electrons. The highest BCUT2D eigenvalue weighted by Crippen LogP contribution is 2.40. The summed E-state index contributed by atoms with van der Waals surface area (Å²) in [4.78, 5) is 5.25. The third kappa shape index (κ3) is 2.13. The number of hydrogen-bond donors (Lipinski definition) is 1. The fraction of sp³-hybridized carbons (Fsp3) is 1.00. The van der Waals surface area contributed by atoms with Crippen LogP contribution in [0.2, 0.25) is 0 Å². The molecule has 2 bridgehead atoms. The molecule has 3 heteroatoms. The molecule has 2 N–H and O–H groups in total. The summed E-state index contributed by atoms with van der Waals surface area (Å²) >= 11 is 0. The number of rotatable bonds is 5. The fourth-order valence-electron chi connectivity index (χ4n) is 4.11. The summed E-state index contributed by atoms with van der Waals surface area (Å²) in [6, 6.07) is 0.700. The summed E-state index contributed by atoms with van der Waals surface area (Å²) in [5, 5.41) is 0. The summed E-state index contributed by atoms with van der Waals surface area (Å²) < 4.78 is 0. The van der Waals surface area contributed by atoms with Crippen molar-refractivity contribution in [2.24, 2.45) is 11.7 Å². The van der Waals surface area contributed by atoms with Crippen molar-refractivity contribution in [3.8, 4) is 0 Å². The summed E-state index contributed by atoms with van der Waals surface area (Å²) in [5.74, 6) is 0.798. The van der Waals surface area contributed by atoms with Crippen LogP contribution in [0.15, 0.2) is 0 Å². The van der Waals surface area contributed by atoms with Gasteiger partial charge in [0.1, 0.15) is 0 Å². The SMILES string of the molecule is CCC(CC)N(C)C1(CN)CCN2CCC1C2. The molecule has 17 heavy (non-hydrogen) atoms. The van der Waals surface area contributed by atoms with Crippen LogP contribution in [0.1, 0.15) is 39.5 Å². The Morgan fingerprint density at radius 1 is 1.35 bits per heavy atom. The Hall–Kier alpha value is -0.120. The minimum Gasteiger partial charge on any atom is -0.329 e. The van der Waals surface area contributed by atoms with Crippen LogP contribution in [0.5, 0.6) is 0 Å². The molecular formula is C14H29N3. The standard InChI is InChI=1S/C14H29N3/c1-4-13(5-2)16(3)14(11-15)7-9-17-8-6-12(14)10-17/h12-13H,4-11,15H2,1-3H3. The van der Waals surface area contributed by atoms with Gasteiger partial charge >= 0.3 is 0 Å². The maximum Gasteiger partial charge on any atom is 0.0384 e. The molecule has 0 radical (unpaired) electrons. The molecule has 2 fully saturated rings. The molecule has 2 aliphatic heterocycles. The molecular weight excluding hydrogens is 210 g/mol. The Morgan fingerprint density at radius 2 is 2.06 bits per heavy atom. The van der Waals surface area contributed by atoms with Gasteiger partial charge in [0.05, 0.1) is 0 Å². The first-order chi connectivity index (χ1) is 8.17. The number of fused-ring (bicyclic) bond motifs is 2. The third-order valence-electron chi connectivity index (χ3n) is 5.44. The van der Waals surface area contributed by atoms with Crippen LogP contribution in [-0.2, 0) is 0 Å². The van der Waals surface area contributed by atoms with Crippen molar-refractivity contribution >= 4 is 0 Å². The highest BCUT2D eigenvalue weighted by Gasteiger charge is 2.48. The predicted molar refractivity (Wildman–Crippen MR) is 73.1 cm³/mol. The zero-order chi connectivity index (χ0) is 12.5. The van der Waals surface area contributed by atoms with Gasteiger partial charge in [-0.2, -0.15) is 0 Å². The van der Waals surface area contributed by atoms with E-state index in [1.807, 2.05) is 0 Å². The smallest absolute Gasteiger partial charge is 0.0384 e. The van der Waals surface area contributed by atoms with Crippen LogP contribution in [0, 0.1) is 5.92 Å². The molecule has 3 nitrogen and oxygen atoms in total. The average Bonchev–Trinajstić information content (AvgIpc) is 2.76. The number of piperidine rings is 1. The van der Waals surface area contributed by atoms with E-state index in [0.717, 1.165) is 12.5 Å². The molecule has 0 aromatic carbocycles. The quantitative estimate of drug-likeness (QED) is 0.790. The molecule has 0 aliphatic carbocycles. The van der Waals surface area contributed by atoms with Gasteiger partial charge in [0.25, 0.3) is 0 Å². The summed E-state index contributed by atoms with van der Waals surface area (Å²) in [5.41, 5.74) is 6.49. The normalized spacial score (nSPS) is 37.1. The van der Waals surface area contributed by atoms with E-state index in [4.69, 9.17) is 5.73 Å². The number of nitrogens with two attached hydrogens (primary N) is 1. The number of likely N-dealkylation sites (N-methyl/N-ethyl adjacent to an activating group) is 1. The van der Waals surface area contributed by atoms with Crippen LogP contribution >= 0.6 is 0 Å². The van der Waals surface area contributed by atoms with Gasteiger partial charge in [-0.15, -0.1) is 0 Å². The van der Waals surface area contributed by atoms with E-state index in [9.17, 15) is 0 Å². The molecule has 2 aliphatic rings. The molecule has 0 aromatic rings. The van der Waals surface area contributed by atoms with Crippen molar-refractivity contribution in [3.63, 3.8) is 0 Å². The second-order valence-electron chi connectivity index (χ2n) is 5.93. The molecule has 2 heterocycles. The van der Waals surface area contributed by atoms with E-state index < -0.39 is 0 Å². The summed E-state index contributed by atoms with van der Waals surface area (Å²) in [7, 11) is 2.32. The van der Waals surface area contributed by atoms with E-state index in [-0.39, 0.29) is 5.54 Å². The maximum absolute atomic E-state index is 6.21. The average molecular weight is 239 g/mol. The molecule has 0 aromatic heterocycles. The lowest BCUT2D eigenvalue weighted by atomic mass is 9.76. The Morgan fingerprint density at radius 3 is 2.65 bits per heavy atom. The Labute approximate surface area is 106 Å². The first kappa shape index (κ1) is 13.3. The van der Waals surface area contributed by atoms with E-state index in [1.54, 1.807) is 0 Å². The van der Waals surface area contributed by atoms with Crippen LogP contribution in [0.3, 0.4) is 0 Å². The van der Waals surface area contributed by atoms with Crippen molar-refractivity contribution in [1.29, 1.82) is 0 Å². The van der Waals surface area contributed by atoms with Crippen LogP contribution in [0.4, 0.5) is 0 Å². The largest absolute Gasteiger partial charge is 0.329 e. The zero-order valence-electron chi connectivity index (χ0n) is 11.8. The molecule has 2 rings (SSSR count). The van der Waals surface area contributed by atoms with Crippen molar-refractivity contribution in [2.75, 3.05) is 33.2 Å². The molecule has 0 spiro atoms. The topological polar surface area (TPSA) is 32.5 Å². The molecule has 0 saturated carbocycles. The lowest BCUT2D eigenvalue weighted by molar-refractivity contribution is -0.00464. The molecule has 3 unspecified atom stereocenters. The van der Waals surface area contributed by atoms with Gasteiger partial charge in [-0.25, -0.2) is 0 Å². The maximum atomic E-state index is 6.21. The van der Waals surface area contributed by atoms with Crippen LogP contribution in [0.25, 0.3) is 0 Å². The van der Waals surface area contributed by atoms with Crippen LogP contribution < -0.4 is 5.73 Å². The molecule has 3 atom stereocenters. The van der Waals surface area contributed by atoms with Gasteiger partial charge in [0.2, 0.25) is 0 Å². The van der Waals surface area contributed by atoms with Gasteiger partial charge < -0.3 is 10.6 Å². The zero-order valence-corrected chi connectivity index (χ0v) is 11.8. The second kappa shape index (κ2) is 5.25. The van der Waals surface area contributed by atoms with E-state index in [0.29, 0.717) is 6.04 Å². The van der Waals surface area contributed by atoms with E-state index >= 15 is 0 Å². The summed E-state index contributed by atoms with van der Waals surface area (Å²) in [6.45, 7) is 9.26.